The molecule has 0 saturated heterocycles. The average Bonchev–Trinajstić information content (AvgIpc) is 3.09. The second-order valence-electron chi connectivity index (χ2n) is 6.30. The monoisotopic (exact) mass is 367 g/mol. The zero-order chi connectivity index (χ0) is 18.5. The third kappa shape index (κ3) is 4.52. The number of rotatable bonds is 6. The second-order valence-corrected chi connectivity index (χ2v) is 7.23. The number of carbonyl (C=O) groups is 1. The highest BCUT2D eigenvalue weighted by molar-refractivity contribution is 7.99. The van der Waals surface area contributed by atoms with Gasteiger partial charge in [-0.15, -0.1) is 10.2 Å². The van der Waals surface area contributed by atoms with Crippen LogP contribution in [0.2, 0.25) is 0 Å². The molecule has 5 nitrogen and oxygen atoms in total. The number of amides is 1. The molecule has 3 aromatic rings. The Morgan fingerprint density at radius 1 is 1.12 bits per heavy atom. The lowest BCUT2D eigenvalue weighted by Gasteiger charge is -2.07. The van der Waals surface area contributed by atoms with Crippen LogP contribution in [0.25, 0.3) is 11.5 Å². The van der Waals surface area contributed by atoms with E-state index in [1.807, 2.05) is 55.5 Å². The number of nitrogens with zero attached hydrogens (tertiary/aromatic N) is 2. The molecule has 0 saturated carbocycles. The summed E-state index contributed by atoms with van der Waals surface area (Å²) >= 11 is 1.22. The van der Waals surface area contributed by atoms with E-state index in [2.05, 4.69) is 29.4 Å². The minimum atomic E-state index is -0.108. The maximum absolute atomic E-state index is 12.1. The highest BCUT2D eigenvalue weighted by atomic mass is 32.2. The van der Waals surface area contributed by atoms with E-state index in [9.17, 15) is 4.79 Å². The fourth-order valence-electron chi connectivity index (χ4n) is 2.47. The van der Waals surface area contributed by atoms with Crippen LogP contribution in [0.15, 0.2) is 58.2 Å². The molecule has 0 aliphatic carbocycles. The van der Waals surface area contributed by atoms with Gasteiger partial charge in [-0.2, -0.15) is 0 Å². The van der Waals surface area contributed by atoms with Crippen molar-refractivity contribution in [1.29, 1.82) is 0 Å². The number of anilines is 1. The second kappa shape index (κ2) is 8.19. The summed E-state index contributed by atoms with van der Waals surface area (Å²) in [6.07, 6.45) is 0. The first-order valence-corrected chi connectivity index (χ1v) is 9.43. The van der Waals surface area contributed by atoms with Gasteiger partial charge in [-0.05, 0) is 42.2 Å². The fraction of sp³-hybridized carbons (Fsp3) is 0.250. The van der Waals surface area contributed by atoms with E-state index in [0.717, 1.165) is 16.8 Å². The predicted octanol–water partition coefficient (Wildman–Crippen LogP) is 4.90. The molecule has 0 fully saturated rings. The van der Waals surface area contributed by atoms with Crippen LogP contribution < -0.4 is 5.32 Å². The third-order valence-corrected chi connectivity index (χ3v) is 4.79. The molecule has 1 heterocycles. The molecule has 26 heavy (non-hydrogen) atoms. The van der Waals surface area contributed by atoms with Gasteiger partial charge in [0.05, 0.1) is 5.75 Å². The first-order valence-electron chi connectivity index (χ1n) is 8.45. The van der Waals surface area contributed by atoms with Crippen LogP contribution in [-0.4, -0.2) is 21.9 Å². The predicted molar refractivity (Wildman–Crippen MR) is 104 cm³/mol. The Hall–Kier alpha value is -2.60. The minimum absolute atomic E-state index is 0.108. The van der Waals surface area contributed by atoms with Crippen LogP contribution in [0.5, 0.6) is 0 Å². The number of carbonyl (C=O) groups excluding carboxylic acids is 1. The van der Waals surface area contributed by atoms with Crippen LogP contribution in [-0.2, 0) is 4.79 Å². The van der Waals surface area contributed by atoms with Gasteiger partial charge < -0.3 is 9.73 Å². The van der Waals surface area contributed by atoms with Gasteiger partial charge in [0.15, 0.2) is 0 Å². The number of hydrogen-bond acceptors (Lipinski definition) is 5. The smallest absolute Gasteiger partial charge is 0.277 e. The van der Waals surface area contributed by atoms with Crippen molar-refractivity contribution in [2.75, 3.05) is 11.1 Å². The molecule has 3 rings (SSSR count). The molecule has 1 amide bonds. The molecule has 0 spiro atoms. The molecule has 0 aliphatic heterocycles. The van der Waals surface area contributed by atoms with Crippen molar-refractivity contribution in [2.24, 2.45) is 0 Å². The first kappa shape index (κ1) is 18.2. The van der Waals surface area contributed by atoms with Gasteiger partial charge in [0.1, 0.15) is 0 Å². The molecule has 6 heteroatoms. The molecule has 0 bridgehead atoms. The van der Waals surface area contributed by atoms with Gasteiger partial charge in [-0.25, -0.2) is 0 Å². The average molecular weight is 367 g/mol. The molecular formula is C20H21N3O2S. The van der Waals surface area contributed by atoms with Crippen molar-refractivity contribution < 1.29 is 9.21 Å². The van der Waals surface area contributed by atoms with E-state index >= 15 is 0 Å². The Balaban J connectivity index is 1.56. The highest BCUT2D eigenvalue weighted by Crippen LogP contribution is 2.25. The molecule has 0 radical (unpaired) electrons. The van der Waals surface area contributed by atoms with Crippen molar-refractivity contribution >= 4 is 23.4 Å². The normalized spacial score (nSPS) is 10.9. The zero-order valence-electron chi connectivity index (χ0n) is 15.0. The van der Waals surface area contributed by atoms with Crippen molar-refractivity contribution in [3.8, 4) is 11.5 Å². The molecule has 1 aromatic heterocycles. The molecule has 0 aliphatic rings. The summed E-state index contributed by atoms with van der Waals surface area (Å²) in [5.74, 6) is 1.04. The van der Waals surface area contributed by atoms with E-state index in [1.54, 1.807) is 0 Å². The van der Waals surface area contributed by atoms with Crippen molar-refractivity contribution in [2.45, 2.75) is 31.9 Å². The van der Waals surface area contributed by atoms with Gasteiger partial charge >= 0.3 is 0 Å². The Morgan fingerprint density at radius 3 is 2.54 bits per heavy atom. The first-order chi connectivity index (χ1) is 12.5. The summed E-state index contributed by atoms with van der Waals surface area (Å²) < 4.78 is 5.65. The van der Waals surface area contributed by atoms with Crippen LogP contribution in [0.4, 0.5) is 5.69 Å². The summed E-state index contributed by atoms with van der Waals surface area (Å²) in [6, 6.07) is 15.7. The van der Waals surface area contributed by atoms with E-state index in [0.29, 0.717) is 17.0 Å². The Labute approximate surface area is 157 Å². The van der Waals surface area contributed by atoms with Gasteiger partial charge in [0.25, 0.3) is 5.22 Å². The van der Waals surface area contributed by atoms with Crippen LogP contribution in [0.1, 0.15) is 30.9 Å². The van der Waals surface area contributed by atoms with Crippen molar-refractivity contribution in [1.82, 2.24) is 10.2 Å². The summed E-state index contributed by atoms with van der Waals surface area (Å²) in [5.41, 5.74) is 4.00. The van der Waals surface area contributed by atoms with Gasteiger partial charge in [-0.3, -0.25) is 4.79 Å². The Kier molecular flexibility index (Phi) is 5.73. The van der Waals surface area contributed by atoms with E-state index in [1.165, 1.54) is 17.3 Å². The SMILES string of the molecule is Cc1ccccc1-c1nnc(SCC(=O)Nc2ccc(C(C)C)cc2)o1. The Bertz CT molecular complexity index is 888. The molecular weight excluding hydrogens is 346 g/mol. The number of aryl methyl sites for hydroxylation is 1. The number of benzene rings is 2. The molecule has 2 aromatic carbocycles. The third-order valence-electron chi connectivity index (χ3n) is 3.97. The van der Waals surface area contributed by atoms with E-state index in [-0.39, 0.29) is 11.7 Å². The largest absolute Gasteiger partial charge is 0.411 e. The van der Waals surface area contributed by atoms with Gasteiger partial charge in [0.2, 0.25) is 11.8 Å². The zero-order valence-corrected chi connectivity index (χ0v) is 15.8. The summed E-state index contributed by atoms with van der Waals surface area (Å²) in [4.78, 5) is 12.1. The van der Waals surface area contributed by atoms with Crippen LogP contribution >= 0.6 is 11.8 Å². The summed E-state index contributed by atoms with van der Waals surface area (Å²) in [5, 5.41) is 11.3. The molecule has 0 unspecified atom stereocenters. The fourth-order valence-corrected chi connectivity index (χ4v) is 3.03. The number of thioether (sulfide) groups is 1. The van der Waals surface area contributed by atoms with E-state index in [4.69, 9.17) is 4.42 Å². The molecule has 1 N–H and O–H groups in total. The van der Waals surface area contributed by atoms with Gasteiger partial charge in [0, 0.05) is 11.3 Å². The van der Waals surface area contributed by atoms with Crippen LogP contribution in [0.3, 0.4) is 0 Å². The number of nitrogens with one attached hydrogen (secondary N) is 1. The lowest BCUT2D eigenvalue weighted by atomic mass is 10.0. The molecule has 0 atom stereocenters. The quantitative estimate of drug-likeness (QED) is 0.628. The topological polar surface area (TPSA) is 68.0 Å². The lowest BCUT2D eigenvalue weighted by Crippen LogP contribution is -2.14. The van der Waals surface area contributed by atoms with Gasteiger partial charge in [-0.1, -0.05) is 55.9 Å². The van der Waals surface area contributed by atoms with Crippen LogP contribution in [0, 0.1) is 6.92 Å². The van der Waals surface area contributed by atoms with Crippen molar-refractivity contribution in [3.05, 3.63) is 59.7 Å². The standard InChI is InChI=1S/C20H21N3O2S/c1-13(2)15-8-10-16(11-9-15)21-18(24)12-26-20-23-22-19(25-20)17-7-5-4-6-14(17)3/h4-11,13H,12H2,1-3H3,(H,21,24). The maximum atomic E-state index is 12.1. The van der Waals surface area contributed by atoms with E-state index < -0.39 is 0 Å². The van der Waals surface area contributed by atoms with Crippen molar-refractivity contribution in [3.63, 3.8) is 0 Å². The summed E-state index contributed by atoms with van der Waals surface area (Å²) in [6.45, 7) is 6.27. The Morgan fingerprint density at radius 2 is 1.85 bits per heavy atom. The minimum Gasteiger partial charge on any atom is -0.411 e. The number of aromatic nitrogens is 2. The lowest BCUT2D eigenvalue weighted by molar-refractivity contribution is -0.113. The maximum Gasteiger partial charge on any atom is 0.277 e. The highest BCUT2D eigenvalue weighted by Gasteiger charge is 2.12. The summed E-state index contributed by atoms with van der Waals surface area (Å²) in [7, 11) is 0. The molecule has 134 valence electrons. The number of hydrogen-bond donors (Lipinski definition) is 1.